The van der Waals surface area contributed by atoms with Crippen LogP contribution in [0.1, 0.15) is 24.8 Å². The van der Waals surface area contributed by atoms with Gasteiger partial charge in [0.2, 0.25) is 5.91 Å². The van der Waals surface area contributed by atoms with Gasteiger partial charge in [-0.25, -0.2) is 4.98 Å². The molecule has 162 valence electrons. The molecule has 0 aliphatic carbocycles. The lowest BCUT2D eigenvalue weighted by Crippen LogP contribution is -2.55. The highest BCUT2D eigenvalue weighted by Crippen LogP contribution is 2.29. The number of anilines is 1. The van der Waals surface area contributed by atoms with Crippen LogP contribution in [-0.2, 0) is 20.8 Å². The molecule has 4 atom stereocenters. The molecule has 2 saturated heterocycles. The normalized spacial score (nSPS) is 27.7. The van der Waals surface area contributed by atoms with Crippen molar-refractivity contribution in [2.24, 2.45) is 0 Å². The highest BCUT2D eigenvalue weighted by Gasteiger charge is 2.38. The lowest BCUT2D eigenvalue weighted by Gasteiger charge is -2.44. The van der Waals surface area contributed by atoms with E-state index in [0.717, 1.165) is 18.4 Å². The number of carbonyl (C=O) groups is 1. The summed E-state index contributed by atoms with van der Waals surface area (Å²) in [5, 5.41) is 16.3. The fourth-order valence-electron chi connectivity index (χ4n) is 4.16. The minimum absolute atomic E-state index is 0.0913. The van der Waals surface area contributed by atoms with Crippen LogP contribution < -0.4 is 5.32 Å². The molecule has 2 aromatic rings. The molecule has 2 aliphatic heterocycles. The molecule has 30 heavy (non-hydrogen) atoms. The van der Waals surface area contributed by atoms with Crippen LogP contribution in [0.15, 0.2) is 35.8 Å². The Balaban J connectivity index is 1.40. The number of hydrogen-bond donors (Lipinski definition) is 2. The standard InChI is InChI=1S/C21H26ClN3O4S/c22-15-3-1-2-14(8-15)10-25-11-16(26)12-28-13-19-18(25)5-4-17(29-19)9-20(27)24-21-23-6-7-30-21/h1-3,6-8,16-19,26H,4-5,9-13H2,(H,23,24,27)/t16-,17+,18+,19-/m0/s1. The van der Waals surface area contributed by atoms with Gasteiger partial charge in [-0.1, -0.05) is 23.7 Å². The number of benzene rings is 1. The first-order valence-electron chi connectivity index (χ1n) is 10.2. The molecule has 7 nitrogen and oxygen atoms in total. The molecule has 0 radical (unpaired) electrons. The molecule has 1 aromatic heterocycles. The van der Waals surface area contributed by atoms with E-state index in [1.165, 1.54) is 11.3 Å². The fourth-order valence-corrected chi connectivity index (χ4v) is 4.92. The van der Waals surface area contributed by atoms with E-state index in [0.29, 0.717) is 36.3 Å². The molecular formula is C21H26ClN3O4S. The number of nitrogens with one attached hydrogen (secondary N) is 1. The van der Waals surface area contributed by atoms with Crippen molar-refractivity contribution in [3.63, 3.8) is 0 Å². The van der Waals surface area contributed by atoms with Crippen molar-refractivity contribution < 1.29 is 19.4 Å². The Hall–Kier alpha value is -1.55. The van der Waals surface area contributed by atoms with E-state index in [2.05, 4.69) is 15.2 Å². The number of halogens is 1. The molecule has 4 rings (SSSR count). The average molecular weight is 452 g/mol. The zero-order valence-electron chi connectivity index (χ0n) is 16.6. The summed E-state index contributed by atoms with van der Waals surface area (Å²) >= 11 is 7.55. The number of aliphatic hydroxyl groups is 1. The van der Waals surface area contributed by atoms with E-state index in [1.54, 1.807) is 6.20 Å². The summed E-state index contributed by atoms with van der Waals surface area (Å²) in [4.78, 5) is 18.7. The summed E-state index contributed by atoms with van der Waals surface area (Å²) < 4.78 is 12.0. The summed E-state index contributed by atoms with van der Waals surface area (Å²) in [6.07, 6.45) is 2.74. The van der Waals surface area contributed by atoms with E-state index in [-0.39, 0.29) is 30.8 Å². The van der Waals surface area contributed by atoms with Gasteiger partial charge in [0.1, 0.15) is 0 Å². The van der Waals surface area contributed by atoms with Crippen LogP contribution in [-0.4, -0.2) is 65.0 Å². The molecule has 2 fully saturated rings. The first-order valence-corrected chi connectivity index (χ1v) is 11.4. The zero-order valence-corrected chi connectivity index (χ0v) is 18.1. The Labute approximate surface area is 185 Å². The molecule has 2 N–H and O–H groups in total. The van der Waals surface area contributed by atoms with Gasteiger partial charge in [0, 0.05) is 35.7 Å². The Morgan fingerprint density at radius 1 is 1.37 bits per heavy atom. The monoisotopic (exact) mass is 451 g/mol. The summed E-state index contributed by atoms with van der Waals surface area (Å²) in [5.41, 5.74) is 1.10. The molecule has 2 aliphatic rings. The number of aromatic nitrogens is 1. The van der Waals surface area contributed by atoms with Gasteiger partial charge in [0.25, 0.3) is 0 Å². The lowest BCUT2D eigenvalue weighted by atomic mass is 9.94. The number of fused-ring (bicyclic) bond motifs is 1. The number of carbonyl (C=O) groups excluding carboxylic acids is 1. The van der Waals surface area contributed by atoms with E-state index >= 15 is 0 Å². The number of nitrogens with zero attached hydrogens (tertiary/aromatic N) is 2. The van der Waals surface area contributed by atoms with Crippen LogP contribution in [0.2, 0.25) is 5.02 Å². The van der Waals surface area contributed by atoms with Crippen molar-refractivity contribution >= 4 is 34.0 Å². The second kappa shape index (κ2) is 10.2. The number of β-amino-alcohol motifs (C(OH)–C–C–N with tert-alkyl or cyclic N) is 1. The Morgan fingerprint density at radius 3 is 3.07 bits per heavy atom. The maximum atomic E-state index is 12.3. The summed E-state index contributed by atoms with van der Waals surface area (Å²) in [7, 11) is 0. The van der Waals surface area contributed by atoms with Gasteiger partial charge in [-0.15, -0.1) is 11.3 Å². The van der Waals surface area contributed by atoms with Gasteiger partial charge in [-0.3, -0.25) is 9.69 Å². The van der Waals surface area contributed by atoms with E-state index < -0.39 is 6.10 Å². The lowest BCUT2D eigenvalue weighted by molar-refractivity contribution is -0.156. The first kappa shape index (κ1) is 21.7. The molecule has 0 bridgehead atoms. The zero-order chi connectivity index (χ0) is 20.9. The third-order valence-corrected chi connectivity index (χ3v) is 6.38. The average Bonchev–Trinajstić information content (AvgIpc) is 3.19. The third kappa shape index (κ3) is 5.78. The molecule has 0 unspecified atom stereocenters. The predicted molar refractivity (Wildman–Crippen MR) is 116 cm³/mol. The number of aliphatic hydroxyl groups excluding tert-OH is 1. The molecule has 3 heterocycles. The summed E-state index contributed by atoms with van der Waals surface area (Å²) in [5.74, 6) is -0.0913. The highest BCUT2D eigenvalue weighted by atomic mass is 35.5. The smallest absolute Gasteiger partial charge is 0.228 e. The summed E-state index contributed by atoms with van der Waals surface area (Å²) in [6, 6.07) is 7.89. The van der Waals surface area contributed by atoms with Crippen LogP contribution in [0, 0.1) is 0 Å². The largest absolute Gasteiger partial charge is 0.389 e. The van der Waals surface area contributed by atoms with Gasteiger partial charge < -0.3 is 19.9 Å². The predicted octanol–water partition coefficient (Wildman–Crippen LogP) is 2.93. The fraction of sp³-hybridized carbons (Fsp3) is 0.524. The van der Waals surface area contributed by atoms with Crippen molar-refractivity contribution in [2.75, 3.05) is 25.1 Å². The maximum Gasteiger partial charge on any atom is 0.228 e. The van der Waals surface area contributed by atoms with Crippen molar-refractivity contribution in [1.82, 2.24) is 9.88 Å². The van der Waals surface area contributed by atoms with Crippen LogP contribution in [0.3, 0.4) is 0 Å². The molecule has 9 heteroatoms. The number of ether oxygens (including phenoxy) is 2. The topological polar surface area (TPSA) is 83.9 Å². The van der Waals surface area contributed by atoms with Gasteiger partial charge in [-0.2, -0.15) is 0 Å². The molecule has 0 saturated carbocycles. The highest BCUT2D eigenvalue weighted by molar-refractivity contribution is 7.13. The number of rotatable bonds is 5. The number of amides is 1. The quantitative estimate of drug-likeness (QED) is 0.727. The van der Waals surface area contributed by atoms with E-state index in [4.69, 9.17) is 21.1 Å². The Kier molecular flexibility index (Phi) is 7.35. The van der Waals surface area contributed by atoms with E-state index in [1.807, 2.05) is 29.6 Å². The van der Waals surface area contributed by atoms with E-state index in [9.17, 15) is 9.90 Å². The van der Waals surface area contributed by atoms with Gasteiger partial charge >= 0.3 is 0 Å². The second-order valence-electron chi connectivity index (χ2n) is 7.78. The van der Waals surface area contributed by atoms with Crippen LogP contribution in [0.25, 0.3) is 0 Å². The van der Waals surface area contributed by atoms with Crippen molar-refractivity contribution in [2.45, 2.75) is 50.2 Å². The number of hydrogen-bond acceptors (Lipinski definition) is 7. The minimum Gasteiger partial charge on any atom is -0.389 e. The second-order valence-corrected chi connectivity index (χ2v) is 9.11. The summed E-state index contributed by atoms with van der Waals surface area (Å²) in [6.45, 7) is 1.86. The van der Waals surface area contributed by atoms with Gasteiger partial charge in [0.05, 0.1) is 37.9 Å². The van der Waals surface area contributed by atoms with Crippen LogP contribution in [0.4, 0.5) is 5.13 Å². The SMILES string of the molecule is O=C(C[C@H]1CC[C@@H]2[C@H](COC[C@@H](O)CN2Cc2cccc(Cl)c2)O1)Nc1nccs1. The van der Waals surface area contributed by atoms with Crippen LogP contribution >= 0.6 is 22.9 Å². The minimum atomic E-state index is -0.549. The molecule has 0 spiro atoms. The first-order chi connectivity index (χ1) is 14.6. The maximum absolute atomic E-state index is 12.3. The Bertz CT molecular complexity index is 837. The van der Waals surface area contributed by atoms with Crippen molar-refractivity contribution in [3.8, 4) is 0 Å². The Morgan fingerprint density at radius 2 is 2.27 bits per heavy atom. The van der Waals surface area contributed by atoms with Crippen molar-refractivity contribution in [1.29, 1.82) is 0 Å². The molecule has 1 amide bonds. The molecule has 1 aromatic carbocycles. The van der Waals surface area contributed by atoms with Gasteiger partial charge in [0.15, 0.2) is 5.13 Å². The molecular weight excluding hydrogens is 426 g/mol. The number of thiazole rings is 1. The third-order valence-electron chi connectivity index (χ3n) is 5.45. The van der Waals surface area contributed by atoms with Crippen molar-refractivity contribution in [3.05, 3.63) is 46.4 Å². The van der Waals surface area contributed by atoms with Gasteiger partial charge in [-0.05, 0) is 30.5 Å². The van der Waals surface area contributed by atoms with Crippen LogP contribution in [0.5, 0.6) is 0 Å².